The standard InChI is InChI=1S/C20H22Cl2N2O3S/c1-12(2)20(25)24-8-4-5-14-6-7-15(10-18(14)24)23-28(26,27)19-9-13(3)16(21)11-17(19)22/h6-7,9-12,23H,4-5,8H2,1-3H3. The normalized spacial score (nSPS) is 14.1. The molecule has 1 aliphatic rings. The number of hydrogen-bond donors (Lipinski definition) is 1. The van der Waals surface area contributed by atoms with E-state index < -0.39 is 10.0 Å². The van der Waals surface area contributed by atoms with Gasteiger partial charge in [0.15, 0.2) is 0 Å². The van der Waals surface area contributed by atoms with E-state index in [0.717, 1.165) is 24.1 Å². The summed E-state index contributed by atoms with van der Waals surface area (Å²) >= 11 is 12.1. The van der Waals surface area contributed by atoms with Crippen molar-refractivity contribution in [2.24, 2.45) is 5.92 Å². The molecule has 0 radical (unpaired) electrons. The van der Waals surface area contributed by atoms with Gasteiger partial charge < -0.3 is 4.90 Å². The molecule has 28 heavy (non-hydrogen) atoms. The van der Waals surface area contributed by atoms with Crippen LogP contribution < -0.4 is 9.62 Å². The molecule has 0 unspecified atom stereocenters. The molecule has 0 saturated carbocycles. The van der Waals surface area contributed by atoms with Crippen LogP contribution in [-0.4, -0.2) is 20.9 Å². The number of amides is 1. The highest BCUT2D eigenvalue weighted by Crippen LogP contribution is 2.33. The van der Waals surface area contributed by atoms with Gasteiger partial charge in [-0.1, -0.05) is 43.1 Å². The predicted octanol–water partition coefficient (Wildman–Crippen LogP) is 5.04. The third-order valence-corrected chi connectivity index (χ3v) is 6.97. The Balaban J connectivity index is 1.97. The molecule has 1 heterocycles. The second kappa shape index (κ2) is 7.93. The molecule has 2 aromatic carbocycles. The second-order valence-corrected chi connectivity index (χ2v) is 9.69. The first-order chi connectivity index (χ1) is 13.1. The van der Waals surface area contributed by atoms with Crippen molar-refractivity contribution >= 4 is 50.5 Å². The van der Waals surface area contributed by atoms with E-state index in [4.69, 9.17) is 23.2 Å². The van der Waals surface area contributed by atoms with Crippen LogP contribution in [0.15, 0.2) is 35.2 Å². The molecule has 1 N–H and O–H groups in total. The van der Waals surface area contributed by atoms with Crippen LogP contribution >= 0.6 is 23.2 Å². The summed E-state index contributed by atoms with van der Waals surface area (Å²) in [6.07, 6.45) is 1.74. The lowest BCUT2D eigenvalue weighted by molar-refractivity contribution is -0.121. The molecule has 2 aromatic rings. The molecular weight excluding hydrogens is 419 g/mol. The lowest BCUT2D eigenvalue weighted by Gasteiger charge is -2.31. The summed E-state index contributed by atoms with van der Waals surface area (Å²) in [7, 11) is -3.91. The van der Waals surface area contributed by atoms with Crippen molar-refractivity contribution in [1.82, 2.24) is 0 Å². The number of sulfonamides is 1. The van der Waals surface area contributed by atoms with E-state index in [9.17, 15) is 13.2 Å². The van der Waals surface area contributed by atoms with Gasteiger partial charge in [0.25, 0.3) is 10.0 Å². The first-order valence-corrected chi connectivity index (χ1v) is 11.3. The Morgan fingerprint density at radius 3 is 2.54 bits per heavy atom. The molecule has 1 aliphatic heterocycles. The third-order valence-electron chi connectivity index (χ3n) is 4.72. The number of halogens is 2. The van der Waals surface area contributed by atoms with Gasteiger partial charge in [0.2, 0.25) is 5.91 Å². The maximum Gasteiger partial charge on any atom is 0.263 e. The van der Waals surface area contributed by atoms with Crippen molar-refractivity contribution in [3.05, 3.63) is 51.5 Å². The molecule has 8 heteroatoms. The minimum atomic E-state index is -3.91. The number of anilines is 2. The van der Waals surface area contributed by atoms with E-state index in [0.29, 0.717) is 22.8 Å². The number of hydrogen-bond acceptors (Lipinski definition) is 3. The first-order valence-electron chi connectivity index (χ1n) is 9.03. The number of nitrogens with one attached hydrogen (secondary N) is 1. The largest absolute Gasteiger partial charge is 0.312 e. The molecular formula is C20H22Cl2N2O3S. The maximum atomic E-state index is 12.9. The third kappa shape index (κ3) is 4.14. The summed E-state index contributed by atoms with van der Waals surface area (Å²) in [6.45, 7) is 6.05. The van der Waals surface area contributed by atoms with Gasteiger partial charge >= 0.3 is 0 Å². The molecule has 0 spiro atoms. The monoisotopic (exact) mass is 440 g/mol. The van der Waals surface area contributed by atoms with Crippen LogP contribution in [0.25, 0.3) is 0 Å². The summed E-state index contributed by atoms with van der Waals surface area (Å²) in [5.74, 6) is -0.112. The predicted molar refractivity (Wildman–Crippen MR) is 114 cm³/mol. The van der Waals surface area contributed by atoms with Crippen molar-refractivity contribution in [2.75, 3.05) is 16.2 Å². The van der Waals surface area contributed by atoms with Gasteiger partial charge in [0.05, 0.1) is 10.7 Å². The van der Waals surface area contributed by atoms with Crippen molar-refractivity contribution in [2.45, 2.75) is 38.5 Å². The number of carbonyl (C=O) groups is 1. The van der Waals surface area contributed by atoms with Crippen LogP contribution in [0.4, 0.5) is 11.4 Å². The molecule has 0 aliphatic carbocycles. The van der Waals surface area contributed by atoms with Gasteiger partial charge in [-0.2, -0.15) is 0 Å². The first kappa shape index (κ1) is 21.0. The van der Waals surface area contributed by atoms with Gasteiger partial charge in [0.1, 0.15) is 4.90 Å². The molecule has 0 fully saturated rings. The molecule has 0 aromatic heterocycles. The van der Waals surface area contributed by atoms with Crippen LogP contribution in [0, 0.1) is 12.8 Å². The molecule has 5 nitrogen and oxygen atoms in total. The second-order valence-electron chi connectivity index (χ2n) is 7.23. The summed E-state index contributed by atoms with van der Waals surface area (Å²) in [4.78, 5) is 14.2. The zero-order valence-electron chi connectivity index (χ0n) is 15.9. The Morgan fingerprint density at radius 1 is 1.14 bits per heavy atom. The van der Waals surface area contributed by atoms with Gasteiger partial charge in [-0.05, 0) is 55.2 Å². The van der Waals surface area contributed by atoms with Gasteiger partial charge in [-0.15, -0.1) is 0 Å². The minimum Gasteiger partial charge on any atom is -0.312 e. The van der Waals surface area contributed by atoms with Crippen molar-refractivity contribution in [3.63, 3.8) is 0 Å². The van der Waals surface area contributed by atoms with Crippen LogP contribution in [0.1, 0.15) is 31.4 Å². The Labute approximate surface area is 175 Å². The molecule has 0 atom stereocenters. The lowest BCUT2D eigenvalue weighted by Crippen LogP contribution is -2.38. The summed E-state index contributed by atoms with van der Waals surface area (Å²) in [5.41, 5.74) is 2.78. The molecule has 0 saturated heterocycles. The zero-order chi connectivity index (χ0) is 20.6. The average Bonchev–Trinajstić information content (AvgIpc) is 2.63. The molecule has 150 valence electrons. The fourth-order valence-electron chi connectivity index (χ4n) is 3.23. The van der Waals surface area contributed by atoms with Gasteiger partial charge in [0, 0.05) is 23.2 Å². The van der Waals surface area contributed by atoms with E-state index in [-0.39, 0.29) is 21.7 Å². The molecule has 0 bridgehead atoms. The summed E-state index contributed by atoms with van der Waals surface area (Å²) in [6, 6.07) is 8.14. The van der Waals surface area contributed by atoms with E-state index in [2.05, 4.69) is 4.72 Å². The highest BCUT2D eigenvalue weighted by atomic mass is 35.5. The SMILES string of the molecule is Cc1cc(S(=O)(=O)Nc2ccc3c(c2)N(C(=O)C(C)C)CCC3)c(Cl)cc1Cl. The Kier molecular flexibility index (Phi) is 5.94. The van der Waals surface area contributed by atoms with Crippen LogP contribution in [-0.2, 0) is 21.2 Å². The lowest BCUT2D eigenvalue weighted by atomic mass is 9.99. The fourth-order valence-corrected chi connectivity index (χ4v) is 5.11. The van der Waals surface area contributed by atoms with Crippen LogP contribution in [0.3, 0.4) is 0 Å². The Morgan fingerprint density at radius 2 is 1.86 bits per heavy atom. The number of nitrogens with zero attached hydrogens (tertiary/aromatic N) is 1. The van der Waals surface area contributed by atoms with Crippen molar-refractivity contribution < 1.29 is 13.2 Å². The van der Waals surface area contributed by atoms with E-state index >= 15 is 0 Å². The fraction of sp³-hybridized carbons (Fsp3) is 0.350. The van der Waals surface area contributed by atoms with Gasteiger partial charge in [-0.3, -0.25) is 9.52 Å². The average molecular weight is 441 g/mol. The smallest absolute Gasteiger partial charge is 0.263 e. The quantitative estimate of drug-likeness (QED) is 0.723. The van der Waals surface area contributed by atoms with Gasteiger partial charge in [-0.25, -0.2) is 8.42 Å². The number of aryl methyl sites for hydroxylation is 2. The summed E-state index contributed by atoms with van der Waals surface area (Å²) < 4.78 is 28.3. The number of fused-ring (bicyclic) bond motifs is 1. The topological polar surface area (TPSA) is 66.5 Å². The maximum absolute atomic E-state index is 12.9. The highest BCUT2D eigenvalue weighted by molar-refractivity contribution is 7.92. The molecule has 3 rings (SSSR count). The van der Waals surface area contributed by atoms with E-state index in [1.165, 1.54) is 12.1 Å². The highest BCUT2D eigenvalue weighted by Gasteiger charge is 2.26. The van der Waals surface area contributed by atoms with E-state index in [1.807, 2.05) is 19.9 Å². The number of benzene rings is 2. The minimum absolute atomic E-state index is 0.0253. The number of rotatable bonds is 4. The van der Waals surface area contributed by atoms with Crippen molar-refractivity contribution in [3.8, 4) is 0 Å². The van der Waals surface area contributed by atoms with E-state index in [1.54, 1.807) is 24.0 Å². The Hall–Kier alpha value is -1.76. The number of carbonyl (C=O) groups excluding carboxylic acids is 1. The van der Waals surface area contributed by atoms with Crippen molar-refractivity contribution in [1.29, 1.82) is 0 Å². The van der Waals surface area contributed by atoms with Crippen LogP contribution in [0.2, 0.25) is 10.0 Å². The summed E-state index contributed by atoms with van der Waals surface area (Å²) in [5, 5.41) is 0.457. The Bertz CT molecular complexity index is 1040. The van der Waals surface area contributed by atoms with Crippen LogP contribution in [0.5, 0.6) is 0 Å². The molecule has 1 amide bonds. The zero-order valence-corrected chi connectivity index (χ0v) is 18.2.